The van der Waals surface area contributed by atoms with Crippen molar-refractivity contribution in [1.82, 2.24) is 5.32 Å². The average molecular weight is 223 g/mol. The zero-order chi connectivity index (χ0) is 11.5. The van der Waals surface area contributed by atoms with E-state index in [0.717, 1.165) is 17.9 Å². The van der Waals surface area contributed by atoms with Gasteiger partial charge in [-0.25, -0.2) is 4.39 Å². The van der Waals surface area contributed by atoms with E-state index < -0.39 is 0 Å². The summed E-state index contributed by atoms with van der Waals surface area (Å²) in [5, 5.41) is 3.19. The first-order valence-electron chi connectivity index (χ1n) is 5.75. The van der Waals surface area contributed by atoms with E-state index in [2.05, 4.69) is 5.32 Å². The second-order valence-corrected chi connectivity index (χ2v) is 4.41. The molecule has 0 radical (unpaired) electrons. The van der Waals surface area contributed by atoms with Crippen molar-refractivity contribution < 1.29 is 9.13 Å². The van der Waals surface area contributed by atoms with Gasteiger partial charge in [-0.3, -0.25) is 0 Å². The van der Waals surface area contributed by atoms with Crippen molar-refractivity contribution in [1.29, 1.82) is 0 Å². The molecule has 0 saturated heterocycles. The first-order chi connectivity index (χ1) is 7.74. The summed E-state index contributed by atoms with van der Waals surface area (Å²) in [6, 6.07) is 5.21. The minimum Gasteiger partial charge on any atom is -0.497 e. The topological polar surface area (TPSA) is 21.3 Å². The molecule has 1 fully saturated rings. The summed E-state index contributed by atoms with van der Waals surface area (Å²) < 4.78 is 18.8. The Hall–Kier alpha value is -1.09. The molecule has 0 amide bonds. The van der Waals surface area contributed by atoms with Gasteiger partial charge < -0.3 is 10.1 Å². The highest BCUT2D eigenvalue weighted by atomic mass is 19.1. The van der Waals surface area contributed by atoms with Crippen LogP contribution in [0.3, 0.4) is 0 Å². The molecular weight excluding hydrogens is 205 g/mol. The van der Waals surface area contributed by atoms with Crippen LogP contribution in [-0.4, -0.2) is 14.2 Å². The van der Waals surface area contributed by atoms with Crippen molar-refractivity contribution in [2.75, 3.05) is 14.2 Å². The molecule has 2 nitrogen and oxygen atoms in total. The van der Waals surface area contributed by atoms with Crippen LogP contribution in [-0.2, 0) is 0 Å². The number of ether oxygens (including phenoxy) is 1. The van der Waals surface area contributed by atoms with Crippen molar-refractivity contribution in [3.63, 3.8) is 0 Å². The van der Waals surface area contributed by atoms with Gasteiger partial charge in [0.25, 0.3) is 0 Å². The van der Waals surface area contributed by atoms with E-state index in [9.17, 15) is 4.39 Å². The molecule has 1 saturated carbocycles. The van der Waals surface area contributed by atoms with E-state index in [4.69, 9.17) is 4.74 Å². The van der Waals surface area contributed by atoms with Gasteiger partial charge in [0.2, 0.25) is 0 Å². The maximum atomic E-state index is 13.8. The Bertz CT molecular complexity index is 363. The maximum Gasteiger partial charge on any atom is 0.131 e. The largest absolute Gasteiger partial charge is 0.497 e. The summed E-state index contributed by atoms with van der Waals surface area (Å²) in [5.41, 5.74) is 0.746. The monoisotopic (exact) mass is 223 g/mol. The zero-order valence-corrected chi connectivity index (χ0v) is 9.79. The van der Waals surface area contributed by atoms with Gasteiger partial charge >= 0.3 is 0 Å². The number of benzene rings is 1. The lowest BCUT2D eigenvalue weighted by atomic mass is 10.0. The lowest BCUT2D eigenvalue weighted by molar-refractivity contribution is 0.408. The lowest BCUT2D eigenvalue weighted by Gasteiger charge is -2.17. The molecule has 0 heterocycles. The van der Waals surface area contributed by atoms with E-state index >= 15 is 0 Å². The maximum absolute atomic E-state index is 13.8. The van der Waals surface area contributed by atoms with Crippen LogP contribution in [0.1, 0.15) is 30.9 Å². The molecule has 0 aliphatic heterocycles. The van der Waals surface area contributed by atoms with Crippen LogP contribution in [0.25, 0.3) is 0 Å². The van der Waals surface area contributed by atoms with Crippen LogP contribution in [0.4, 0.5) is 4.39 Å². The highest BCUT2D eigenvalue weighted by Crippen LogP contribution is 2.38. The standard InChI is InChI=1S/C13H18FNO/c1-15-13(7-9-3-4-9)11-6-5-10(16-2)8-12(11)14/h5-6,8-9,13,15H,3-4,7H2,1-2H3. The minimum atomic E-state index is -0.181. The molecule has 0 bridgehead atoms. The van der Waals surface area contributed by atoms with Gasteiger partial charge in [0.05, 0.1) is 7.11 Å². The van der Waals surface area contributed by atoms with E-state index in [1.807, 2.05) is 19.2 Å². The smallest absolute Gasteiger partial charge is 0.131 e. The fourth-order valence-electron chi connectivity index (χ4n) is 2.00. The van der Waals surface area contributed by atoms with E-state index in [1.54, 1.807) is 7.11 Å². The van der Waals surface area contributed by atoms with Crippen LogP contribution in [0.2, 0.25) is 0 Å². The first kappa shape index (κ1) is 11.4. The molecular formula is C13H18FNO. The summed E-state index contributed by atoms with van der Waals surface area (Å²) in [7, 11) is 3.44. The average Bonchev–Trinajstić information content (AvgIpc) is 3.10. The second kappa shape index (κ2) is 4.83. The minimum absolute atomic E-state index is 0.124. The van der Waals surface area contributed by atoms with Gasteiger partial charge in [0.15, 0.2) is 0 Å². The molecule has 1 aromatic carbocycles. The number of methoxy groups -OCH3 is 1. The summed E-state index contributed by atoms with van der Waals surface area (Å²) >= 11 is 0. The molecule has 1 aliphatic carbocycles. The summed E-state index contributed by atoms with van der Waals surface area (Å²) in [6.45, 7) is 0. The van der Waals surface area contributed by atoms with Gasteiger partial charge in [0.1, 0.15) is 11.6 Å². The quantitative estimate of drug-likeness (QED) is 0.828. The molecule has 1 N–H and O–H groups in total. The Balaban J connectivity index is 2.15. The van der Waals surface area contributed by atoms with Gasteiger partial charge in [-0.1, -0.05) is 18.9 Å². The van der Waals surface area contributed by atoms with Crippen LogP contribution < -0.4 is 10.1 Å². The number of hydrogen-bond acceptors (Lipinski definition) is 2. The molecule has 1 atom stereocenters. The third-order valence-corrected chi connectivity index (χ3v) is 3.20. The Morgan fingerprint density at radius 3 is 2.75 bits per heavy atom. The second-order valence-electron chi connectivity index (χ2n) is 4.41. The summed E-state index contributed by atoms with van der Waals surface area (Å²) in [6.07, 6.45) is 3.60. The van der Waals surface area contributed by atoms with E-state index in [-0.39, 0.29) is 11.9 Å². The van der Waals surface area contributed by atoms with E-state index in [1.165, 1.54) is 18.9 Å². The van der Waals surface area contributed by atoms with Crippen molar-refractivity contribution in [2.45, 2.75) is 25.3 Å². The highest BCUT2D eigenvalue weighted by Gasteiger charge is 2.26. The molecule has 16 heavy (non-hydrogen) atoms. The van der Waals surface area contributed by atoms with Gasteiger partial charge in [-0.05, 0) is 25.5 Å². The third kappa shape index (κ3) is 2.53. The lowest BCUT2D eigenvalue weighted by Crippen LogP contribution is -2.18. The van der Waals surface area contributed by atoms with Gasteiger partial charge in [0, 0.05) is 17.7 Å². The van der Waals surface area contributed by atoms with E-state index in [0.29, 0.717) is 5.75 Å². The predicted molar refractivity (Wildman–Crippen MR) is 62.1 cm³/mol. The van der Waals surface area contributed by atoms with Crippen molar-refractivity contribution in [3.05, 3.63) is 29.6 Å². The Morgan fingerprint density at radius 1 is 1.50 bits per heavy atom. The molecule has 1 unspecified atom stereocenters. The third-order valence-electron chi connectivity index (χ3n) is 3.20. The molecule has 3 heteroatoms. The van der Waals surface area contributed by atoms with Gasteiger partial charge in [-0.15, -0.1) is 0 Å². The fraction of sp³-hybridized carbons (Fsp3) is 0.538. The number of nitrogens with one attached hydrogen (secondary N) is 1. The molecule has 0 spiro atoms. The van der Waals surface area contributed by atoms with Crippen molar-refractivity contribution in [3.8, 4) is 5.75 Å². The number of rotatable bonds is 5. The molecule has 2 rings (SSSR count). The SMILES string of the molecule is CNC(CC1CC1)c1ccc(OC)cc1F. The highest BCUT2D eigenvalue weighted by molar-refractivity contribution is 5.31. The fourth-order valence-corrected chi connectivity index (χ4v) is 2.00. The summed E-state index contributed by atoms with van der Waals surface area (Å²) in [4.78, 5) is 0. The van der Waals surface area contributed by atoms with Crippen molar-refractivity contribution >= 4 is 0 Å². The Morgan fingerprint density at radius 2 is 2.25 bits per heavy atom. The molecule has 0 aromatic heterocycles. The number of halogens is 1. The Kier molecular flexibility index (Phi) is 3.44. The summed E-state index contributed by atoms with van der Waals surface area (Å²) in [5.74, 6) is 1.17. The van der Waals surface area contributed by atoms with Crippen LogP contribution >= 0.6 is 0 Å². The van der Waals surface area contributed by atoms with Crippen LogP contribution in [0.15, 0.2) is 18.2 Å². The predicted octanol–water partition coefficient (Wildman–Crippen LogP) is 2.89. The molecule has 1 aliphatic rings. The van der Waals surface area contributed by atoms with Crippen LogP contribution in [0, 0.1) is 11.7 Å². The number of hydrogen-bond donors (Lipinski definition) is 1. The molecule has 1 aromatic rings. The van der Waals surface area contributed by atoms with Crippen LogP contribution in [0.5, 0.6) is 5.75 Å². The van der Waals surface area contributed by atoms with Crippen molar-refractivity contribution in [2.24, 2.45) is 5.92 Å². The van der Waals surface area contributed by atoms with Gasteiger partial charge in [-0.2, -0.15) is 0 Å². The molecule has 88 valence electrons. The zero-order valence-electron chi connectivity index (χ0n) is 9.79. The first-order valence-corrected chi connectivity index (χ1v) is 5.75. The Labute approximate surface area is 95.8 Å². The normalized spacial score (nSPS) is 17.2.